The predicted octanol–water partition coefficient (Wildman–Crippen LogP) is 1.88. The van der Waals surface area contributed by atoms with Crippen molar-refractivity contribution in [3.05, 3.63) is 17.6 Å². The second-order valence-corrected chi connectivity index (χ2v) is 4.92. The molecular formula is C13H19N3O2. The van der Waals surface area contributed by atoms with Gasteiger partial charge in [0.15, 0.2) is 0 Å². The van der Waals surface area contributed by atoms with Gasteiger partial charge in [-0.3, -0.25) is 4.79 Å². The summed E-state index contributed by atoms with van der Waals surface area (Å²) in [5, 5.41) is 12.0. The van der Waals surface area contributed by atoms with Crippen LogP contribution in [0.15, 0.2) is 6.33 Å². The lowest BCUT2D eigenvalue weighted by Gasteiger charge is -2.13. The smallest absolute Gasteiger partial charge is 0.303 e. The van der Waals surface area contributed by atoms with Gasteiger partial charge < -0.3 is 10.4 Å². The van der Waals surface area contributed by atoms with E-state index in [-0.39, 0.29) is 6.42 Å². The molecule has 1 aromatic heterocycles. The van der Waals surface area contributed by atoms with Crippen LogP contribution in [0.4, 0.5) is 5.82 Å². The molecule has 18 heavy (non-hydrogen) atoms. The maximum absolute atomic E-state index is 10.5. The van der Waals surface area contributed by atoms with Crippen LogP contribution in [0.1, 0.15) is 37.4 Å². The van der Waals surface area contributed by atoms with E-state index in [0.29, 0.717) is 12.3 Å². The molecule has 0 aromatic carbocycles. The van der Waals surface area contributed by atoms with Crippen LogP contribution in [0.2, 0.25) is 0 Å². The van der Waals surface area contributed by atoms with Gasteiger partial charge in [-0.2, -0.15) is 0 Å². The first-order valence-corrected chi connectivity index (χ1v) is 6.45. The summed E-state index contributed by atoms with van der Waals surface area (Å²) in [4.78, 5) is 19.0. The number of aromatic nitrogens is 2. The number of carboxylic acid groups (broad SMARTS) is 1. The van der Waals surface area contributed by atoms with Crippen molar-refractivity contribution < 1.29 is 9.90 Å². The monoisotopic (exact) mass is 249 g/mol. The van der Waals surface area contributed by atoms with Crippen LogP contribution < -0.4 is 5.32 Å². The van der Waals surface area contributed by atoms with Crippen molar-refractivity contribution in [2.24, 2.45) is 5.92 Å². The van der Waals surface area contributed by atoms with Gasteiger partial charge in [-0.25, -0.2) is 9.97 Å². The highest BCUT2D eigenvalue weighted by Gasteiger charge is 2.17. The molecule has 1 unspecified atom stereocenters. The molecule has 0 fully saturated rings. The molecule has 5 heteroatoms. The Balaban J connectivity index is 1.87. The number of anilines is 1. The van der Waals surface area contributed by atoms with Crippen LogP contribution in [0.5, 0.6) is 0 Å². The van der Waals surface area contributed by atoms with Crippen LogP contribution in [0.3, 0.4) is 0 Å². The number of nitrogens with zero attached hydrogens (tertiary/aromatic N) is 2. The second kappa shape index (κ2) is 5.80. The fraction of sp³-hybridized carbons (Fsp3) is 0.615. The molecule has 1 atom stereocenters. The van der Waals surface area contributed by atoms with Gasteiger partial charge in [0, 0.05) is 24.2 Å². The summed E-state index contributed by atoms with van der Waals surface area (Å²) in [6, 6.07) is 0. The van der Waals surface area contributed by atoms with Crippen LogP contribution in [0.25, 0.3) is 0 Å². The van der Waals surface area contributed by atoms with E-state index in [1.807, 2.05) is 0 Å². The van der Waals surface area contributed by atoms with Crippen LogP contribution in [-0.4, -0.2) is 27.6 Å². The van der Waals surface area contributed by atoms with Crippen molar-refractivity contribution in [2.45, 2.75) is 39.0 Å². The number of rotatable bonds is 6. The van der Waals surface area contributed by atoms with E-state index in [4.69, 9.17) is 5.11 Å². The van der Waals surface area contributed by atoms with Gasteiger partial charge in [0.1, 0.15) is 12.1 Å². The van der Waals surface area contributed by atoms with E-state index in [1.54, 1.807) is 6.33 Å². The number of nitrogens with one attached hydrogen (secondary N) is 1. The molecule has 0 saturated carbocycles. The highest BCUT2D eigenvalue weighted by molar-refractivity contribution is 5.66. The number of aryl methyl sites for hydroxylation is 1. The van der Waals surface area contributed by atoms with Gasteiger partial charge >= 0.3 is 5.97 Å². The summed E-state index contributed by atoms with van der Waals surface area (Å²) in [7, 11) is 0. The molecule has 0 aliphatic heterocycles. The zero-order valence-corrected chi connectivity index (χ0v) is 10.6. The molecule has 2 N–H and O–H groups in total. The van der Waals surface area contributed by atoms with Crippen LogP contribution in [0, 0.1) is 5.92 Å². The van der Waals surface area contributed by atoms with Crippen molar-refractivity contribution in [3.63, 3.8) is 0 Å². The minimum Gasteiger partial charge on any atom is -0.481 e. The molecule has 1 heterocycles. The summed E-state index contributed by atoms with van der Waals surface area (Å²) < 4.78 is 0. The summed E-state index contributed by atoms with van der Waals surface area (Å²) in [6.07, 6.45) is 5.76. The average Bonchev–Trinajstić information content (AvgIpc) is 2.82. The lowest BCUT2D eigenvalue weighted by atomic mass is 10.1. The van der Waals surface area contributed by atoms with Crippen LogP contribution in [-0.2, 0) is 17.6 Å². The molecule has 1 aliphatic carbocycles. The standard InChI is InChI=1S/C13H19N3O2/c1-9(5-6-12(17)18)7-14-13-10-3-2-4-11(10)15-8-16-13/h8-9H,2-7H2,1H3,(H,17,18)(H,14,15,16). The van der Waals surface area contributed by atoms with Crippen molar-refractivity contribution in [2.75, 3.05) is 11.9 Å². The Bertz CT molecular complexity index is 434. The molecule has 0 spiro atoms. The van der Waals surface area contributed by atoms with Gasteiger partial charge in [-0.1, -0.05) is 6.92 Å². The van der Waals surface area contributed by atoms with Gasteiger partial charge in [0.25, 0.3) is 0 Å². The van der Waals surface area contributed by atoms with Gasteiger partial charge in [0.2, 0.25) is 0 Å². The number of carbonyl (C=O) groups is 1. The molecule has 1 aliphatic rings. The van der Waals surface area contributed by atoms with Crippen molar-refractivity contribution in [3.8, 4) is 0 Å². The number of aliphatic carboxylic acids is 1. The van der Waals surface area contributed by atoms with E-state index in [9.17, 15) is 4.79 Å². The number of carboxylic acids is 1. The van der Waals surface area contributed by atoms with Crippen LogP contribution >= 0.6 is 0 Å². The Hall–Kier alpha value is -1.65. The molecule has 1 aromatic rings. The summed E-state index contributed by atoms with van der Waals surface area (Å²) in [5.74, 6) is 0.526. The molecule has 0 saturated heterocycles. The molecule has 2 rings (SSSR count). The Kier molecular flexibility index (Phi) is 4.12. The van der Waals surface area contributed by atoms with Crippen molar-refractivity contribution in [1.82, 2.24) is 9.97 Å². The van der Waals surface area contributed by atoms with Gasteiger partial charge in [0.05, 0.1) is 0 Å². The van der Waals surface area contributed by atoms with E-state index in [1.165, 1.54) is 5.56 Å². The number of fused-ring (bicyclic) bond motifs is 1. The summed E-state index contributed by atoms with van der Waals surface area (Å²) >= 11 is 0. The topological polar surface area (TPSA) is 75.1 Å². The normalized spacial score (nSPS) is 15.2. The quantitative estimate of drug-likeness (QED) is 0.805. The highest BCUT2D eigenvalue weighted by atomic mass is 16.4. The zero-order chi connectivity index (χ0) is 13.0. The Labute approximate surface area is 107 Å². The average molecular weight is 249 g/mol. The second-order valence-electron chi connectivity index (χ2n) is 4.92. The lowest BCUT2D eigenvalue weighted by Crippen LogP contribution is -2.15. The van der Waals surface area contributed by atoms with E-state index in [0.717, 1.165) is 37.3 Å². The Morgan fingerprint density at radius 3 is 3.11 bits per heavy atom. The number of hydrogen-bond donors (Lipinski definition) is 2. The first kappa shape index (κ1) is 12.8. The van der Waals surface area contributed by atoms with E-state index >= 15 is 0 Å². The first-order chi connectivity index (χ1) is 8.66. The molecule has 0 bridgehead atoms. The first-order valence-electron chi connectivity index (χ1n) is 6.45. The third kappa shape index (κ3) is 3.18. The lowest BCUT2D eigenvalue weighted by molar-refractivity contribution is -0.137. The molecular weight excluding hydrogens is 230 g/mol. The highest BCUT2D eigenvalue weighted by Crippen LogP contribution is 2.25. The Morgan fingerprint density at radius 1 is 1.50 bits per heavy atom. The summed E-state index contributed by atoms with van der Waals surface area (Å²) in [6.45, 7) is 2.81. The minimum absolute atomic E-state index is 0.227. The largest absolute Gasteiger partial charge is 0.481 e. The maximum atomic E-state index is 10.5. The van der Waals surface area contributed by atoms with E-state index < -0.39 is 5.97 Å². The fourth-order valence-corrected chi connectivity index (χ4v) is 2.25. The zero-order valence-electron chi connectivity index (χ0n) is 10.6. The van der Waals surface area contributed by atoms with Gasteiger partial charge in [-0.05, 0) is 31.6 Å². The molecule has 98 valence electrons. The third-order valence-electron chi connectivity index (χ3n) is 3.34. The summed E-state index contributed by atoms with van der Waals surface area (Å²) in [5.41, 5.74) is 2.40. The number of hydrogen-bond acceptors (Lipinski definition) is 4. The minimum atomic E-state index is -0.732. The predicted molar refractivity (Wildman–Crippen MR) is 68.6 cm³/mol. The Morgan fingerprint density at radius 2 is 2.33 bits per heavy atom. The fourth-order valence-electron chi connectivity index (χ4n) is 2.25. The van der Waals surface area contributed by atoms with Crippen molar-refractivity contribution in [1.29, 1.82) is 0 Å². The SMILES string of the molecule is CC(CCC(=O)O)CNc1ncnc2c1CCC2. The van der Waals surface area contributed by atoms with E-state index in [2.05, 4.69) is 22.2 Å². The van der Waals surface area contributed by atoms with Crippen molar-refractivity contribution >= 4 is 11.8 Å². The third-order valence-corrected chi connectivity index (χ3v) is 3.34. The molecule has 0 amide bonds. The molecule has 5 nitrogen and oxygen atoms in total. The maximum Gasteiger partial charge on any atom is 0.303 e. The van der Waals surface area contributed by atoms with Gasteiger partial charge in [-0.15, -0.1) is 0 Å². The molecule has 0 radical (unpaired) electrons.